The number of likely N-dealkylation sites (tertiary alicyclic amines) is 1. The number of hydrogen-bond acceptors (Lipinski definition) is 4. The van der Waals surface area contributed by atoms with Crippen molar-refractivity contribution in [2.75, 3.05) is 26.2 Å². The van der Waals surface area contributed by atoms with Crippen molar-refractivity contribution >= 4 is 11.8 Å². The zero-order valence-electron chi connectivity index (χ0n) is 16.3. The molecular formula is C23H25FN2O3. The Morgan fingerprint density at radius 3 is 2.41 bits per heavy atom. The normalized spacial score (nSPS) is 19.3. The number of hydrogen-bond donors (Lipinski definition) is 1. The molecule has 6 heteroatoms. The number of amides is 2. The second kappa shape index (κ2) is 8.43. The van der Waals surface area contributed by atoms with E-state index in [1.165, 1.54) is 17.0 Å². The summed E-state index contributed by atoms with van der Waals surface area (Å²) >= 11 is 0. The number of carbonyl (C=O) groups is 2. The summed E-state index contributed by atoms with van der Waals surface area (Å²) < 4.78 is 13.1. The molecule has 29 heavy (non-hydrogen) atoms. The van der Waals surface area contributed by atoms with E-state index in [0.29, 0.717) is 18.7 Å². The first kappa shape index (κ1) is 19.7. The lowest BCUT2D eigenvalue weighted by Crippen LogP contribution is -2.47. The number of fused-ring (bicyclic) bond motifs is 1. The van der Waals surface area contributed by atoms with Gasteiger partial charge in [-0.3, -0.25) is 14.5 Å². The van der Waals surface area contributed by atoms with E-state index < -0.39 is 6.10 Å². The number of rotatable bonds is 5. The van der Waals surface area contributed by atoms with Crippen molar-refractivity contribution in [2.45, 2.75) is 25.4 Å². The van der Waals surface area contributed by atoms with Crippen LogP contribution < -0.4 is 0 Å². The first-order valence-electron chi connectivity index (χ1n) is 10.1. The van der Waals surface area contributed by atoms with E-state index in [2.05, 4.69) is 4.90 Å². The Morgan fingerprint density at radius 2 is 1.69 bits per heavy atom. The molecule has 2 aromatic rings. The molecule has 4 rings (SSSR count). The lowest BCUT2D eigenvalue weighted by molar-refractivity contribution is -0.128. The molecule has 0 bridgehead atoms. The third-order valence-electron chi connectivity index (χ3n) is 6.07. The Kier molecular flexibility index (Phi) is 5.74. The fourth-order valence-corrected chi connectivity index (χ4v) is 4.29. The van der Waals surface area contributed by atoms with Gasteiger partial charge < -0.3 is 10.0 Å². The Balaban J connectivity index is 1.30. The van der Waals surface area contributed by atoms with Gasteiger partial charge in [0.1, 0.15) is 5.82 Å². The molecule has 2 heterocycles. The summed E-state index contributed by atoms with van der Waals surface area (Å²) in [7, 11) is 0. The fraction of sp³-hybridized carbons (Fsp3) is 0.391. The van der Waals surface area contributed by atoms with Crippen LogP contribution in [-0.4, -0.2) is 52.9 Å². The Bertz CT molecular complexity index is 891. The molecule has 0 aliphatic carbocycles. The smallest absolute Gasteiger partial charge is 0.260 e. The maximum Gasteiger partial charge on any atom is 0.260 e. The first-order chi connectivity index (χ1) is 14.0. The largest absolute Gasteiger partial charge is 0.388 e. The van der Waals surface area contributed by atoms with Crippen LogP contribution in [0.15, 0.2) is 48.5 Å². The standard InChI is InChI=1S/C23H25FN2O3/c24-19-7-5-16(6-8-19)22(28)17-9-11-25(12-10-17)13-14-26-21(27)15-18-3-1-2-4-20(18)23(26)29/h1-8,17,22,28H,9-15H2. The molecule has 152 valence electrons. The molecule has 1 unspecified atom stereocenters. The summed E-state index contributed by atoms with van der Waals surface area (Å²) in [5.41, 5.74) is 2.16. The van der Waals surface area contributed by atoms with E-state index in [1.807, 2.05) is 18.2 Å². The van der Waals surface area contributed by atoms with Crippen molar-refractivity contribution < 1.29 is 19.1 Å². The van der Waals surface area contributed by atoms with Crippen LogP contribution in [0.25, 0.3) is 0 Å². The Hall–Kier alpha value is -2.57. The highest BCUT2D eigenvalue weighted by Gasteiger charge is 2.31. The average Bonchev–Trinajstić information content (AvgIpc) is 2.74. The minimum Gasteiger partial charge on any atom is -0.388 e. The monoisotopic (exact) mass is 396 g/mol. The second-order valence-electron chi connectivity index (χ2n) is 7.86. The van der Waals surface area contributed by atoms with E-state index in [-0.39, 0.29) is 30.0 Å². The molecule has 2 aromatic carbocycles. The number of benzene rings is 2. The molecule has 0 spiro atoms. The van der Waals surface area contributed by atoms with Gasteiger partial charge in [-0.25, -0.2) is 4.39 Å². The predicted octanol–water partition coefficient (Wildman–Crippen LogP) is 2.80. The molecule has 1 atom stereocenters. The Labute approximate surface area is 169 Å². The van der Waals surface area contributed by atoms with Crippen LogP contribution in [0.4, 0.5) is 4.39 Å². The maximum absolute atomic E-state index is 13.1. The molecule has 1 N–H and O–H groups in total. The van der Waals surface area contributed by atoms with Crippen LogP contribution in [0.1, 0.15) is 40.4 Å². The summed E-state index contributed by atoms with van der Waals surface area (Å²) in [6.07, 6.45) is 1.32. The molecule has 1 saturated heterocycles. The van der Waals surface area contributed by atoms with Gasteiger partial charge >= 0.3 is 0 Å². The SMILES string of the molecule is O=C1Cc2ccccc2C(=O)N1CCN1CCC(C(O)c2ccc(F)cc2)CC1. The van der Waals surface area contributed by atoms with Crippen molar-refractivity contribution in [1.29, 1.82) is 0 Å². The molecule has 0 aromatic heterocycles. The fourth-order valence-electron chi connectivity index (χ4n) is 4.29. The van der Waals surface area contributed by atoms with Gasteiger partial charge in [0, 0.05) is 18.7 Å². The number of piperidine rings is 1. The molecule has 2 aliphatic heterocycles. The molecule has 2 amide bonds. The highest BCUT2D eigenvalue weighted by Crippen LogP contribution is 2.31. The van der Waals surface area contributed by atoms with E-state index >= 15 is 0 Å². The van der Waals surface area contributed by atoms with E-state index in [0.717, 1.165) is 37.1 Å². The lowest BCUT2D eigenvalue weighted by atomic mass is 9.87. The van der Waals surface area contributed by atoms with Crippen LogP contribution in [-0.2, 0) is 11.2 Å². The van der Waals surface area contributed by atoms with Crippen molar-refractivity contribution in [3.05, 3.63) is 71.0 Å². The quantitative estimate of drug-likeness (QED) is 0.790. The van der Waals surface area contributed by atoms with Crippen molar-refractivity contribution in [2.24, 2.45) is 5.92 Å². The molecule has 0 radical (unpaired) electrons. The summed E-state index contributed by atoms with van der Waals surface area (Å²) in [5.74, 6) is -0.532. The van der Waals surface area contributed by atoms with Crippen LogP contribution in [0.3, 0.4) is 0 Å². The van der Waals surface area contributed by atoms with Gasteiger partial charge in [-0.15, -0.1) is 0 Å². The molecule has 1 fully saturated rings. The van der Waals surface area contributed by atoms with Gasteiger partial charge in [0.15, 0.2) is 0 Å². The summed E-state index contributed by atoms with van der Waals surface area (Å²) in [4.78, 5) is 28.6. The number of aliphatic hydroxyl groups excluding tert-OH is 1. The minimum atomic E-state index is -0.598. The van der Waals surface area contributed by atoms with Gasteiger partial charge in [0.25, 0.3) is 5.91 Å². The highest BCUT2D eigenvalue weighted by molar-refractivity contribution is 6.09. The van der Waals surface area contributed by atoms with E-state index in [4.69, 9.17) is 0 Å². The minimum absolute atomic E-state index is 0.127. The van der Waals surface area contributed by atoms with E-state index in [9.17, 15) is 19.1 Å². The zero-order chi connectivity index (χ0) is 20.4. The van der Waals surface area contributed by atoms with Crippen LogP contribution in [0.2, 0.25) is 0 Å². The first-order valence-corrected chi connectivity index (χ1v) is 10.1. The molecule has 2 aliphatic rings. The predicted molar refractivity (Wildman–Crippen MR) is 107 cm³/mol. The summed E-state index contributed by atoms with van der Waals surface area (Å²) in [5, 5.41) is 10.6. The van der Waals surface area contributed by atoms with Gasteiger partial charge in [-0.1, -0.05) is 30.3 Å². The van der Waals surface area contributed by atoms with E-state index in [1.54, 1.807) is 18.2 Å². The maximum atomic E-state index is 13.1. The highest BCUT2D eigenvalue weighted by atomic mass is 19.1. The van der Waals surface area contributed by atoms with Crippen molar-refractivity contribution in [3.8, 4) is 0 Å². The molecule has 0 saturated carbocycles. The lowest BCUT2D eigenvalue weighted by Gasteiger charge is -2.35. The number of aliphatic hydroxyl groups is 1. The van der Waals surface area contributed by atoms with Crippen LogP contribution in [0.5, 0.6) is 0 Å². The second-order valence-corrected chi connectivity index (χ2v) is 7.86. The van der Waals surface area contributed by atoms with Gasteiger partial charge in [0.2, 0.25) is 5.91 Å². The number of carbonyl (C=O) groups excluding carboxylic acids is 2. The topological polar surface area (TPSA) is 60.9 Å². The van der Waals surface area contributed by atoms with Crippen LogP contribution in [0, 0.1) is 11.7 Å². The Morgan fingerprint density at radius 1 is 1.00 bits per heavy atom. The number of halogens is 1. The number of nitrogens with zero attached hydrogens (tertiary/aromatic N) is 2. The van der Waals surface area contributed by atoms with Gasteiger partial charge in [-0.2, -0.15) is 0 Å². The average molecular weight is 396 g/mol. The third-order valence-corrected chi connectivity index (χ3v) is 6.07. The molecule has 5 nitrogen and oxygen atoms in total. The van der Waals surface area contributed by atoms with Gasteiger partial charge in [0.05, 0.1) is 12.5 Å². The van der Waals surface area contributed by atoms with Crippen LogP contribution >= 0.6 is 0 Å². The number of imide groups is 1. The van der Waals surface area contributed by atoms with Crippen molar-refractivity contribution in [1.82, 2.24) is 9.80 Å². The van der Waals surface area contributed by atoms with Gasteiger partial charge in [-0.05, 0) is 61.2 Å². The third kappa shape index (κ3) is 4.23. The zero-order valence-corrected chi connectivity index (χ0v) is 16.3. The molecular weight excluding hydrogens is 371 g/mol. The summed E-state index contributed by atoms with van der Waals surface area (Å²) in [6.45, 7) is 2.63. The van der Waals surface area contributed by atoms with Crippen molar-refractivity contribution in [3.63, 3.8) is 0 Å². The summed E-state index contributed by atoms with van der Waals surface area (Å²) in [6, 6.07) is 13.3.